The number of rotatable bonds is 10. The summed E-state index contributed by atoms with van der Waals surface area (Å²) in [5.41, 5.74) is 1.45. The van der Waals surface area contributed by atoms with Crippen LogP contribution in [0.15, 0.2) is 5.03 Å². The number of hydrogen-bond donors (Lipinski definition) is 3. The molecule has 8 heteroatoms. The molecule has 3 N–H and O–H groups in total. The molecule has 0 aliphatic heterocycles. The summed E-state index contributed by atoms with van der Waals surface area (Å²) in [4.78, 5) is 0. The number of aryl methyl sites for hydroxylation is 1. The van der Waals surface area contributed by atoms with E-state index in [0.29, 0.717) is 24.6 Å². The van der Waals surface area contributed by atoms with E-state index in [1.165, 1.54) is 12.8 Å². The van der Waals surface area contributed by atoms with Crippen molar-refractivity contribution in [2.45, 2.75) is 38.3 Å². The van der Waals surface area contributed by atoms with E-state index in [0.717, 1.165) is 18.8 Å². The Bertz CT molecular complexity index is 552. The van der Waals surface area contributed by atoms with E-state index < -0.39 is 10.0 Å². The van der Waals surface area contributed by atoms with E-state index in [2.05, 4.69) is 20.2 Å². The van der Waals surface area contributed by atoms with Crippen LogP contribution in [0.1, 0.15) is 31.0 Å². The molecule has 1 saturated carbocycles. The predicted molar refractivity (Wildman–Crippen MR) is 79.4 cm³/mol. The van der Waals surface area contributed by atoms with Crippen LogP contribution in [0.3, 0.4) is 0 Å². The number of aromatic amines is 1. The second kappa shape index (κ2) is 7.35. The molecular formula is C13H24N4O3S. The number of hydrogen-bond acceptors (Lipinski definition) is 5. The fraction of sp³-hybridized carbons (Fsp3) is 0.769. The Morgan fingerprint density at radius 3 is 2.86 bits per heavy atom. The third kappa shape index (κ3) is 4.77. The van der Waals surface area contributed by atoms with E-state index in [1.54, 1.807) is 0 Å². The van der Waals surface area contributed by atoms with Gasteiger partial charge in [-0.05, 0) is 32.2 Å². The number of nitrogens with zero attached hydrogens (tertiary/aromatic N) is 1. The van der Waals surface area contributed by atoms with Gasteiger partial charge in [0.15, 0.2) is 5.03 Å². The normalized spacial score (nSPS) is 15.5. The molecule has 0 spiro atoms. The number of H-pyrrole nitrogens is 1. The zero-order valence-electron chi connectivity index (χ0n) is 12.6. The highest BCUT2D eigenvalue weighted by Crippen LogP contribution is 2.28. The Morgan fingerprint density at radius 1 is 1.43 bits per heavy atom. The summed E-state index contributed by atoms with van der Waals surface area (Å²) in [6.07, 6.45) is 2.46. The van der Waals surface area contributed by atoms with Crippen LogP contribution in [0.2, 0.25) is 0 Å². The molecule has 0 atom stereocenters. The first kappa shape index (κ1) is 16.4. The van der Waals surface area contributed by atoms with Gasteiger partial charge >= 0.3 is 0 Å². The number of sulfonamides is 1. The van der Waals surface area contributed by atoms with Crippen LogP contribution < -0.4 is 10.0 Å². The van der Waals surface area contributed by atoms with E-state index in [4.69, 9.17) is 4.74 Å². The fourth-order valence-electron chi connectivity index (χ4n) is 1.96. The minimum Gasteiger partial charge on any atom is -0.380 e. The monoisotopic (exact) mass is 316 g/mol. The molecule has 1 heterocycles. The lowest BCUT2D eigenvalue weighted by atomic mass is 10.2. The van der Waals surface area contributed by atoms with Gasteiger partial charge in [-0.15, -0.1) is 0 Å². The van der Waals surface area contributed by atoms with E-state index in [9.17, 15) is 8.42 Å². The van der Waals surface area contributed by atoms with E-state index in [1.807, 2.05) is 13.8 Å². The standard InChI is InChI=1S/C13H24N4O3S/c1-3-14-8-12-10(2)16-17-13(12)21(18,19)15-6-7-20-9-11-4-5-11/h11,14-15H,3-9H2,1-2H3,(H,16,17). The fourth-order valence-corrected chi connectivity index (χ4v) is 3.17. The third-order valence-electron chi connectivity index (χ3n) is 3.43. The molecular weight excluding hydrogens is 292 g/mol. The minimum atomic E-state index is -3.60. The topological polar surface area (TPSA) is 96.1 Å². The SMILES string of the molecule is CCNCc1c(S(=O)(=O)NCCOCC2CC2)n[nH]c1C. The molecule has 1 aromatic heterocycles. The van der Waals surface area contributed by atoms with Gasteiger partial charge in [0.25, 0.3) is 10.0 Å². The number of ether oxygens (including phenoxy) is 1. The molecule has 0 unspecified atom stereocenters. The van der Waals surface area contributed by atoms with Gasteiger partial charge in [-0.1, -0.05) is 6.92 Å². The molecule has 1 fully saturated rings. The summed E-state index contributed by atoms with van der Waals surface area (Å²) >= 11 is 0. The highest BCUT2D eigenvalue weighted by molar-refractivity contribution is 7.89. The van der Waals surface area contributed by atoms with E-state index >= 15 is 0 Å². The second-order valence-electron chi connectivity index (χ2n) is 5.33. The van der Waals surface area contributed by atoms with Crippen molar-refractivity contribution in [2.24, 2.45) is 5.92 Å². The van der Waals surface area contributed by atoms with Crippen molar-refractivity contribution in [3.8, 4) is 0 Å². The zero-order chi connectivity index (χ0) is 15.3. The first-order chi connectivity index (χ1) is 10.0. The van der Waals surface area contributed by atoms with Gasteiger partial charge < -0.3 is 10.1 Å². The summed E-state index contributed by atoms with van der Waals surface area (Å²) in [5, 5.41) is 9.85. The van der Waals surface area contributed by atoms with Gasteiger partial charge in [-0.2, -0.15) is 5.10 Å². The minimum absolute atomic E-state index is 0.0724. The van der Waals surface area contributed by atoms with Gasteiger partial charge in [-0.25, -0.2) is 13.1 Å². The molecule has 1 aromatic rings. The summed E-state index contributed by atoms with van der Waals surface area (Å²) < 4.78 is 32.5. The Balaban J connectivity index is 1.88. The molecule has 21 heavy (non-hydrogen) atoms. The maximum absolute atomic E-state index is 12.3. The largest absolute Gasteiger partial charge is 0.380 e. The number of aromatic nitrogens is 2. The van der Waals surface area contributed by atoms with Crippen molar-refractivity contribution in [1.29, 1.82) is 0 Å². The van der Waals surface area contributed by atoms with Crippen molar-refractivity contribution in [1.82, 2.24) is 20.2 Å². The van der Waals surface area contributed by atoms with Crippen molar-refractivity contribution >= 4 is 10.0 Å². The smallest absolute Gasteiger partial charge is 0.260 e. The molecule has 0 saturated heterocycles. The second-order valence-corrected chi connectivity index (χ2v) is 7.01. The van der Waals surface area contributed by atoms with Gasteiger partial charge in [0.1, 0.15) is 0 Å². The van der Waals surface area contributed by atoms with Crippen LogP contribution >= 0.6 is 0 Å². The van der Waals surface area contributed by atoms with Gasteiger partial charge in [0, 0.05) is 31.0 Å². The molecule has 120 valence electrons. The molecule has 7 nitrogen and oxygen atoms in total. The van der Waals surface area contributed by atoms with Crippen LogP contribution in [0.5, 0.6) is 0 Å². The summed E-state index contributed by atoms with van der Waals surface area (Å²) in [6, 6.07) is 0. The Kier molecular flexibility index (Phi) is 5.74. The maximum atomic E-state index is 12.3. The Hall–Kier alpha value is -0.960. The van der Waals surface area contributed by atoms with Crippen molar-refractivity contribution in [3.05, 3.63) is 11.3 Å². The summed E-state index contributed by atoms with van der Waals surface area (Å²) in [6.45, 7) is 6.43. The molecule has 0 bridgehead atoms. The molecule has 0 amide bonds. The van der Waals surface area contributed by atoms with Crippen LogP contribution in [0.25, 0.3) is 0 Å². The maximum Gasteiger partial charge on any atom is 0.260 e. The zero-order valence-corrected chi connectivity index (χ0v) is 13.4. The highest BCUT2D eigenvalue weighted by atomic mass is 32.2. The van der Waals surface area contributed by atoms with Crippen LogP contribution in [-0.4, -0.2) is 44.9 Å². The van der Waals surface area contributed by atoms with Crippen molar-refractivity contribution in [3.63, 3.8) is 0 Å². The molecule has 0 radical (unpaired) electrons. The summed E-state index contributed by atoms with van der Waals surface area (Å²) in [5.74, 6) is 0.683. The molecule has 1 aliphatic carbocycles. The molecule has 2 rings (SSSR count). The first-order valence-corrected chi connectivity index (χ1v) is 8.85. The average molecular weight is 316 g/mol. The lowest BCUT2D eigenvalue weighted by molar-refractivity contribution is 0.129. The Morgan fingerprint density at radius 2 is 2.19 bits per heavy atom. The lowest BCUT2D eigenvalue weighted by Crippen LogP contribution is -2.29. The Labute approximate surface area is 125 Å². The highest BCUT2D eigenvalue weighted by Gasteiger charge is 2.24. The average Bonchev–Trinajstić information content (AvgIpc) is 3.18. The molecule has 1 aliphatic rings. The van der Waals surface area contributed by atoms with Crippen molar-refractivity contribution in [2.75, 3.05) is 26.3 Å². The first-order valence-electron chi connectivity index (χ1n) is 7.36. The molecule has 0 aromatic carbocycles. The van der Waals surface area contributed by atoms with Gasteiger partial charge in [0.05, 0.1) is 6.61 Å². The van der Waals surface area contributed by atoms with Crippen molar-refractivity contribution < 1.29 is 13.2 Å². The van der Waals surface area contributed by atoms with Crippen LogP contribution in [-0.2, 0) is 21.3 Å². The van der Waals surface area contributed by atoms with Gasteiger partial charge in [-0.3, -0.25) is 5.10 Å². The van der Waals surface area contributed by atoms with E-state index in [-0.39, 0.29) is 11.6 Å². The third-order valence-corrected chi connectivity index (χ3v) is 4.86. The lowest BCUT2D eigenvalue weighted by Gasteiger charge is -2.08. The van der Waals surface area contributed by atoms with Crippen LogP contribution in [0.4, 0.5) is 0 Å². The summed E-state index contributed by atoms with van der Waals surface area (Å²) in [7, 11) is -3.60. The van der Waals surface area contributed by atoms with Crippen LogP contribution in [0, 0.1) is 12.8 Å². The number of nitrogens with one attached hydrogen (secondary N) is 3. The predicted octanol–water partition coefficient (Wildman–Crippen LogP) is 0.533. The quantitative estimate of drug-likeness (QED) is 0.547. The van der Waals surface area contributed by atoms with Gasteiger partial charge in [0.2, 0.25) is 0 Å².